The van der Waals surface area contributed by atoms with E-state index in [9.17, 15) is 9.50 Å². The van der Waals surface area contributed by atoms with E-state index in [0.717, 1.165) is 16.8 Å². The Labute approximate surface area is 124 Å². The molecule has 0 aliphatic rings. The summed E-state index contributed by atoms with van der Waals surface area (Å²) in [5.41, 5.74) is 8.70. The van der Waals surface area contributed by atoms with E-state index in [1.165, 1.54) is 12.1 Å². The Hall–Kier alpha value is -1.91. The lowest BCUT2D eigenvalue weighted by Crippen LogP contribution is -2.28. The summed E-state index contributed by atoms with van der Waals surface area (Å²) in [5.74, 6) is -0.297. The molecule has 2 rings (SSSR count). The van der Waals surface area contributed by atoms with Gasteiger partial charge in [0.15, 0.2) is 0 Å². The van der Waals surface area contributed by atoms with E-state index in [1.54, 1.807) is 6.07 Å². The SMILES string of the molecule is C[C@@H](N)c1cc(F)ccc1N(CCO)Cc1ccccc1. The molecule has 0 saturated heterocycles. The van der Waals surface area contributed by atoms with Gasteiger partial charge in [-0.05, 0) is 36.2 Å². The Balaban J connectivity index is 2.34. The standard InChI is InChI=1S/C17H21FN2O/c1-13(19)16-11-15(18)7-8-17(16)20(9-10-21)12-14-5-3-2-4-6-14/h2-8,11,13,21H,9-10,12,19H2,1H3/t13-/m1/s1. The lowest BCUT2D eigenvalue weighted by molar-refractivity contribution is 0.301. The number of nitrogens with zero attached hydrogens (tertiary/aromatic N) is 1. The average Bonchev–Trinajstić information content (AvgIpc) is 2.48. The van der Waals surface area contributed by atoms with Crippen LogP contribution < -0.4 is 10.6 Å². The quantitative estimate of drug-likeness (QED) is 0.859. The van der Waals surface area contributed by atoms with Gasteiger partial charge in [0.1, 0.15) is 5.82 Å². The summed E-state index contributed by atoms with van der Waals surface area (Å²) in [5, 5.41) is 9.31. The van der Waals surface area contributed by atoms with Gasteiger partial charge in [0, 0.05) is 24.8 Å². The Morgan fingerprint density at radius 2 is 1.90 bits per heavy atom. The number of rotatable bonds is 6. The van der Waals surface area contributed by atoms with Crippen molar-refractivity contribution in [2.24, 2.45) is 5.73 Å². The van der Waals surface area contributed by atoms with Crippen LogP contribution >= 0.6 is 0 Å². The van der Waals surface area contributed by atoms with E-state index in [1.807, 2.05) is 42.2 Å². The van der Waals surface area contributed by atoms with Gasteiger partial charge in [-0.2, -0.15) is 0 Å². The molecule has 0 spiro atoms. The van der Waals surface area contributed by atoms with Crippen LogP contribution in [0.2, 0.25) is 0 Å². The second-order valence-electron chi connectivity index (χ2n) is 5.12. The molecule has 112 valence electrons. The summed E-state index contributed by atoms with van der Waals surface area (Å²) in [7, 11) is 0. The van der Waals surface area contributed by atoms with E-state index in [4.69, 9.17) is 5.73 Å². The van der Waals surface area contributed by atoms with Crippen molar-refractivity contribution in [3.63, 3.8) is 0 Å². The normalized spacial score (nSPS) is 12.2. The third kappa shape index (κ3) is 4.03. The van der Waals surface area contributed by atoms with Crippen molar-refractivity contribution in [2.75, 3.05) is 18.1 Å². The fourth-order valence-electron chi connectivity index (χ4n) is 2.39. The number of hydrogen-bond donors (Lipinski definition) is 2. The van der Waals surface area contributed by atoms with Crippen molar-refractivity contribution in [2.45, 2.75) is 19.5 Å². The molecule has 0 bridgehead atoms. The fraction of sp³-hybridized carbons (Fsp3) is 0.294. The number of benzene rings is 2. The largest absolute Gasteiger partial charge is 0.395 e. The maximum atomic E-state index is 13.5. The first kappa shape index (κ1) is 15.5. The first-order chi connectivity index (χ1) is 10.1. The number of hydrogen-bond acceptors (Lipinski definition) is 3. The molecule has 2 aromatic carbocycles. The first-order valence-corrected chi connectivity index (χ1v) is 7.06. The van der Waals surface area contributed by atoms with Gasteiger partial charge < -0.3 is 15.7 Å². The molecular weight excluding hydrogens is 267 g/mol. The number of anilines is 1. The molecule has 0 aliphatic carbocycles. The molecule has 1 atom stereocenters. The van der Waals surface area contributed by atoms with E-state index in [0.29, 0.717) is 13.1 Å². The molecule has 0 aromatic heterocycles. The third-order valence-electron chi connectivity index (χ3n) is 3.41. The lowest BCUT2D eigenvalue weighted by atomic mass is 10.0. The number of aliphatic hydroxyl groups excluding tert-OH is 1. The molecule has 0 saturated carbocycles. The second kappa shape index (κ2) is 7.20. The molecule has 2 aromatic rings. The smallest absolute Gasteiger partial charge is 0.123 e. The highest BCUT2D eigenvalue weighted by molar-refractivity contribution is 5.55. The van der Waals surface area contributed by atoms with Crippen molar-refractivity contribution in [1.29, 1.82) is 0 Å². The zero-order valence-corrected chi connectivity index (χ0v) is 12.2. The topological polar surface area (TPSA) is 49.5 Å². The molecule has 4 heteroatoms. The van der Waals surface area contributed by atoms with Crippen molar-refractivity contribution >= 4 is 5.69 Å². The van der Waals surface area contributed by atoms with E-state index in [2.05, 4.69) is 0 Å². The van der Waals surface area contributed by atoms with Crippen LogP contribution in [0.15, 0.2) is 48.5 Å². The molecule has 0 unspecified atom stereocenters. The molecule has 21 heavy (non-hydrogen) atoms. The third-order valence-corrected chi connectivity index (χ3v) is 3.41. The van der Waals surface area contributed by atoms with Crippen LogP contribution in [0, 0.1) is 5.82 Å². The van der Waals surface area contributed by atoms with Crippen molar-refractivity contribution in [3.8, 4) is 0 Å². The van der Waals surface area contributed by atoms with Gasteiger partial charge in [-0.1, -0.05) is 30.3 Å². The number of halogens is 1. The van der Waals surface area contributed by atoms with Crippen LogP contribution in [0.5, 0.6) is 0 Å². The van der Waals surface area contributed by atoms with Crippen LogP contribution in [0.4, 0.5) is 10.1 Å². The number of nitrogens with two attached hydrogens (primary N) is 1. The van der Waals surface area contributed by atoms with Crippen LogP contribution in [-0.2, 0) is 6.54 Å². The molecule has 0 amide bonds. The molecule has 0 radical (unpaired) electrons. The van der Waals surface area contributed by atoms with Gasteiger partial charge in [-0.15, -0.1) is 0 Å². The van der Waals surface area contributed by atoms with Crippen molar-refractivity contribution in [1.82, 2.24) is 0 Å². The Morgan fingerprint density at radius 3 is 2.52 bits per heavy atom. The minimum Gasteiger partial charge on any atom is -0.395 e. The minimum absolute atomic E-state index is 0.0304. The number of aliphatic hydroxyl groups is 1. The van der Waals surface area contributed by atoms with Crippen LogP contribution in [0.1, 0.15) is 24.1 Å². The van der Waals surface area contributed by atoms with Gasteiger partial charge in [-0.25, -0.2) is 4.39 Å². The lowest BCUT2D eigenvalue weighted by Gasteiger charge is -2.27. The fourth-order valence-corrected chi connectivity index (χ4v) is 2.39. The van der Waals surface area contributed by atoms with E-state index >= 15 is 0 Å². The predicted octanol–water partition coefficient (Wildman–Crippen LogP) is 2.84. The Bertz CT molecular complexity index is 572. The van der Waals surface area contributed by atoms with Crippen LogP contribution in [-0.4, -0.2) is 18.3 Å². The van der Waals surface area contributed by atoms with Crippen molar-refractivity contribution < 1.29 is 9.50 Å². The van der Waals surface area contributed by atoms with Gasteiger partial charge in [0.2, 0.25) is 0 Å². The summed E-state index contributed by atoms with van der Waals surface area (Å²) < 4.78 is 13.5. The summed E-state index contributed by atoms with van der Waals surface area (Å²) in [6, 6.07) is 14.3. The predicted molar refractivity (Wildman–Crippen MR) is 83.6 cm³/mol. The highest BCUT2D eigenvalue weighted by Crippen LogP contribution is 2.27. The molecule has 3 nitrogen and oxygen atoms in total. The van der Waals surface area contributed by atoms with E-state index in [-0.39, 0.29) is 18.5 Å². The molecule has 3 N–H and O–H groups in total. The zero-order chi connectivity index (χ0) is 15.2. The molecule has 0 heterocycles. The summed E-state index contributed by atoms with van der Waals surface area (Å²) in [6.07, 6.45) is 0. The average molecular weight is 288 g/mol. The van der Waals surface area contributed by atoms with Crippen LogP contribution in [0.3, 0.4) is 0 Å². The highest BCUT2D eigenvalue weighted by atomic mass is 19.1. The maximum absolute atomic E-state index is 13.5. The summed E-state index contributed by atoms with van der Waals surface area (Å²) in [6.45, 7) is 2.98. The monoisotopic (exact) mass is 288 g/mol. The molecule has 0 aliphatic heterocycles. The van der Waals surface area contributed by atoms with Gasteiger partial charge >= 0.3 is 0 Å². The van der Waals surface area contributed by atoms with Crippen molar-refractivity contribution in [3.05, 3.63) is 65.5 Å². The molecule has 0 fully saturated rings. The second-order valence-corrected chi connectivity index (χ2v) is 5.12. The minimum atomic E-state index is -0.297. The zero-order valence-electron chi connectivity index (χ0n) is 12.2. The van der Waals surface area contributed by atoms with Gasteiger partial charge in [-0.3, -0.25) is 0 Å². The van der Waals surface area contributed by atoms with Gasteiger partial charge in [0.05, 0.1) is 6.61 Å². The van der Waals surface area contributed by atoms with E-state index < -0.39 is 0 Å². The highest BCUT2D eigenvalue weighted by Gasteiger charge is 2.15. The van der Waals surface area contributed by atoms with Gasteiger partial charge in [0.25, 0.3) is 0 Å². The maximum Gasteiger partial charge on any atom is 0.123 e. The van der Waals surface area contributed by atoms with Crippen LogP contribution in [0.25, 0.3) is 0 Å². The Kier molecular flexibility index (Phi) is 5.31. The Morgan fingerprint density at radius 1 is 1.19 bits per heavy atom. The first-order valence-electron chi connectivity index (χ1n) is 7.06. The molecular formula is C17H21FN2O. The summed E-state index contributed by atoms with van der Waals surface area (Å²) >= 11 is 0. The summed E-state index contributed by atoms with van der Waals surface area (Å²) in [4.78, 5) is 2.02.